The zero-order chi connectivity index (χ0) is 11.0. The highest BCUT2D eigenvalue weighted by molar-refractivity contribution is 5.81. The number of hydrogen-bond donors (Lipinski definition) is 1. The number of hydrogen-bond acceptors (Lipinski definition) is 2. The SMILES string of the molecule is Oc1ccc2c(ccn2C[C@H]2CCCO2)c1. The minimum absolute atomic E-state index is 0.322. The lowest BCUT2D eigenvalue weighted by molar-refractivity contribution is 0.0980. The smallest absolute Gasteiger partial charge is 0.116 e. The van der Waals surface area contributed by atoms with Crippen LogP contribution in [0, 0.1) is 0 Å². The molecule has 16 heavy (non-hydrogen) atoms. The molecule has 2 aromatic rings. The molecule has 3 rings (SSSR count). The molecule has 2 heterocycles. The molecule has 1 aromatic heterocycles. The van der Waals surface area contributed by atoms with Crippen LogP contribution in [0.3, 0.4) is 0 Å². The molecule has 0 amide bonds. The van der Waals surface area contributed by atoms with Crippen LogP contribution >= 0.6 is 0 Å². The van der Waals surface area contributed by atoms with Gasteiger partial charge >= 0.3 is 0 Å². The third-order valence-electron chi connectivity index (χ3n) is 3.18. The molecule has 1 saturated heterocycles. The molecule has 0 saturated carbocycles. The molecule has 1 fully saturated rings. The summed E-state index contributed by atoms with van der Waals surface area (Å²) in [5.41, 5.74) is 1.16. The van der Waals surface area contributed by atoms with E-state index in [-0.39, 0.29) is 0 Å². The summed E-state index contributed by atoms with van der Waals surface area (Å²) in [6, 6.07) is 7.51. The van der Waals surface area contributed by atoms with Crippen LogP contribution in [0.25, 0.3) is 10.9 Å². The van der Waals surface area contributed by atoms with Gasteiger partial charge in [0.05, 0.1) is 6.10 Å². The first kappa shape index (κ1) is 9.73. The van der Waals surface area contributed by atoms with E-state index in [1.807, 2.05) is 12.1 Å². The fraction of sp³-hybridized carbons (Fsp3) is 0.385. The monoisotopic (exact) mass is 217 g/mol. The zero-order valence-electron chi connectivity index (χ0n) is 9.10. The molecule has 1 aromatic carbocycles. The minimum atomic E-state index is 0.322. The maximum absolute atomic E-state index is 9.39. The summed E-state index contributed by atoms with van der Waals surface area (Å²) >= 11 is 0. The van der Waals surface area contributed by atoms with Gasteiger partial charge in [-0.05, 0) is 37.1 Å². The lowest BCUT2D eigenvalue weighted by Gasteiger charge is -2.11. The van der Waals surface area contributed by atoms with Gasteiger partial charge in [-0.3, -0.25) is 0 Å². The molecule has 0 radical (unpaired) electrons. The van der Waals surface area contributed by atoms with Crippen molar-refractivity contribution in [1.29, 1.82) is 0 Å². The van der Waals surface area contributed by atoms with E-state index in [1.165, 1.54) is 6.42 Å². The van der Waals surface area contributed by atoms with Gasteiger partial charge in [0, 0.05) is 30.3 Å². The summed E-state index contributed by atoms with van der Waals surface area (Å²) < 4.78 is 7.83. The van der Waals surface area contributed by atoms with Crippen molar-refractivity contribution >= 4 is 10.9 Å². The van der Waals surface area contributed by atoms with Crippen molar-refractivity contribution < 1.29 is 9.84 Å². The average molecular weight is 217 g/mol. The molecule has 0 unspecified atom stereocenters. The van der Waals surface area contributed by atoms with E-state index in [9.17, 15) is 5.11 Å². The Morgan fingerprint density at radius 1 is 1.38 bits per heavy atom. The summed E-state index contributed by atoms with van der Waals surface area (Å²) in [4.78, 5) is 0. The summed E-state index contributed by atoms with van der Waals surface area (Å²) in [6.07, 6.45) is 4.73. The van der Waals surface area contributed by atoms with Crippen molar-refractivity contribution in [3.8, 4) is 5.75 Å². The Labute approximate surface area is 94.3 Å². The third kappa shape index (κ3) is 1.67. The first-order chi connectivity index (χ1) is 7.83. The standard InChI is InChI=1S/C13H15NO2/c15-11-3-4-13-10(8-11)5-6-14(13)9-12-2-1-7-16-12/h3-6,8,12,15H,1-2,7,9H2/t12-/m1/s1. The first-order valence-electron chi connectivity index (χ1n) is 5.72. The van der Waals surface area contributed by atoms with Crippen LogP contribution in [-0.2, 0) is 11.3 Å². The van der Waals surface area contributed by atoms with Crippen LogP contribution in [0.2, 0.25) is 0 Å². The maximum Gasteiger partial charge on any atom is 0.116 e. The Balaban J connectivity index is 1.91. The van der Waals surface area contributed by atoms with E-state index in [1.54, 1.807) is 12.1 Å². The molecule has 1 atom stereocenters. The van der Waals surface area contributed by atoms with Crippen molar-refractivity contribution in [1.82, 2.24) is 4.57 Å². The second-order valence-corrected chi connectivity index (χ2v) is 4.35. The minimum Gasteiger partial charge on any atom is -0.508 e. The number of phenolic OH excluding ortho intramolecular Hbond substituents is 1. The highest BCUT2D eigenvalue weighted by Crippen LogP contribution is 2.23. The Morgan fingerprint density at radius 2 is 2.31 bits per heavy atom. The van der Waals surface area contributed by atoms with Gasteiger partial charge in [-0.25, -0.2) is 0 Å². The summed E-state index contributed by atoms with van der Waals surface area (Å²) in [6.45, 7) is 1.80. The van der Waals surface area contributed by atoms with E-state index in [0.717, 1.165) is 30.5 Å². The van der Waals surface area contributed by atoms with Gasteiger partial charge in [0.1, 0.15) is 5.75 Å². The van der Waals surface area contributed by atoms with Gasteiger partial charge in [0.2, 0.25) is 0 Å². The normalized spacial score (nSPS) is 20.6. The van der Waals surface area contributed by atoms with Crippen LogP contribution in [0.15, 0.2) is 30.5 Å². The maximum atomic E-state index is 9.39. The predicted molar refractivity (Wildman–Crippen MR) is 62.6 cm³/mol. The number of phenols is 1. The molecule has 1 aliphatic rings. The van der Waals surface area contributed by atoms with E-state index < -0.39 is 0 Å². The first-order valence-corrected chi connectivity index (χ1v) is 5.72. The summed E-state index contributed by atoms with van der Waals surface area (Å²) in [5.74, 6) is 0.322. The van der Waals surface area contributed by atoms with Crippen LogP contribution in [0.4, 0.5) is 0 Å². The second-order valence-electron chi connectivity index (χ2n) is 4.35. The molecule has 0 aliphatic carbocycles. The van der Waals surface area contributed by atoms with Crippen LogP contribution in [-0.4, -0.2) is 22.4 Å². The Morgan fingerprint density at radius 3 is 3.12 bits per heavy atom. The van der Waals surface area contributed by atoms with E-state index in [0.29, 0.717) is 11.9 Å². The molecule has 0 spiro atoms. The Kier molecular flexibility index (Phi) is 2.33. The number of rotatable bonds is 2. The van der Waals surface area contributed by atoms with Gasteiger partial charge in [-0.15, -0.1) is 0 Å². The van der Waals surface area contributed by atoms with Crippen molar-refractivity contribution in [3.63, 3.8) is 0 Å². The molecule has 3 nitrogen and oxygen atoms in total. The van der Waals surface area contributed by atoms with E-state index >= 15 is 0 Å². The Bertz CT molecular complexity index is 498. The fourth-order valence-corrected chi connectivity index (χ4v) is 2.35. The number of fused-ring (bicyclic) bond motifs is 1. The number of ether oxygens (including phenoxy) is 1. The quantitative estimate of drug-likeness (QED) is 0.838. The lowest BCUT2D eigenvalue weighted by atomic mass is 10.2. The highest BCUT2D eigenvalue weighted by Gasteiger charge is 2.16. The molecular formula is C13H15NO2. The van der Waals surface area contributed by atoms with Gasteiger partial charge in [-0.2, -0.15) is 0 Å². The summed E-state index contributed by atoms with van der Waals surface area (Å²) in [7, 11) is 0. The zero-order valence-corrected chi connectivity index (χ0v) is 9.10. The van der Waals surface area contributed by atoms with Crippen LogP contribution < -0.4 is 0 Å². The molecule has 84 valence electrons. The molecule has 1 aliphatic heterocycles. The van der Waals surface area contributed by atoms with Crippen molar-refractivity contribution in [3.05, 3.63) is 30.5 Å². The summed E-state index contributed by atoms with van der Waals surface area (Å²) in [5, 5.41) is 10.5. The van der Waals surface area contributed by atoms with Gasteiger partial charge in [0.15, 0.2) is 0 Å². The van der Waals surface area contributed by atoms with Gasteiger partial charge in [0.25, 0.3) is 0 Å². The molecule has 0 bridgehead atoms. The number of aromatic nitrogens is 1. The average Bonchev–Trinajstić information content (AvgIpc) is 2.89. The highest BCUT2D eigenvalue weighted by atomic mass is 16.5. The lowest BCUT2D eigenvalue weighted by Crippen LogP contribution is -2.13. The van der Waals surface area contributed by atoms with Crippen LogP contribution in [0.1, 0.15) is 12.8 Å². The van der Waals surface area contributed by atoms with Crippen LogP contribution in [0.5, 0.6) is 5.75 Å². The number of aromatic hydroxyl groups is 1. The van der Waals surface area contributed by atoms with Crippen molar-refractivity contribution in [2.75, 3.05) is 6.61 Å². The van der Waals surface area contributed by atoms with Crippen molar-refractivity contribution in [2.24, 2.45) is 0 Å². The molecular weight excluding hydrogens is 202 g/mol. The van der Waals surface area contributed by atoms with Gasteiger partial charge in [-0.1, -0.05) is 0 Å². The fourth-order valence-electron chi connectivity index (χ4n) is 2.35. The Hall–Kier alpha value is -1.48. The third-order valence-corrected chi connectivity index (χ3v) is 3.18. The number of nitrogens with zero attached hydrogens (tertiary/aromatic N) is 1. The molecule has 3 heteroatoms. The largest absolute Gasteiger partial charge is 0.508 e. The number of benzene rings is 1. The topological polar surface area (TPSA) is 34.4 Å². The predicted octanol–water partition coefficient (Wildman–Crippen LogP) is 2.53. The van der Waals surface area contributed by atoms with E-state index in [4.69, 9.17) is 4.74 Å². The second kappa shape index (κ2) is 3.83. The van der Waals surface area contributed by atoms with Crippen molar-refractivity contribution in [2.45, 2.75) is 25.5 Å². The molecule has 1 N–H and O–H groups in total. The van der Waals surface area contributed by atoms with E-state index in [2.05, 4.69) is 10.8 Å². The van der Waals surface area contributed by atoms with Gasteiger partial charge < -0.3 is 14.4 Å².